The molecule has 1 aliphatic heterocycles. The number of carbonyl (C=O) groups is 1. The van der Waals surface area contributed by atoms with Gasteiger partial charge in [0, 0.05) is 5.02 Å². The summed E-state index contributed by atoms with van der Waals surface area (Å²) in [4.78, 5) is 15.0. The molecule has 32 heavy (non-hydrogen) atoms. The van der Waals surface area contributed by atoms with E-state index in [4.69, 9.17) is 11.6 Å². The fourth-order valence-electron chi connectivity index (χ4n) is 3.93. The Morgan fingerprint density at radius 1 is 1.06 bits per heavy atom. The van der Waals surface area contributed by atoms with Crippen molar-refractivity contribution in [3.63, 3.8) is 0 Å². The number of nitrogens with one attached hydrogen (secondary N) is 1. The van der Waals surface area contributed by atoms with Crippen molar-refractivity contribution in [1.82, 2.24) is 25.0 Å². The van der Waals surface area contributed by atoms with Crippen molar-refractivity contribution in [3.05, 3.63) is 76.6 Å². The summed E-state index contributed by atoms with van der Waals surface area (Å²) in [6.07, 6.45) is 2.47. The third-order valence-electron chi connectivity index (χ3n) is 5.62. The predicted octanol–water partition coefficient (Wildman–Crippen LogP) is 4.55. The molecule has 0 radical (unpaired) electrons. The second kappa shape index (κ2) is 11.0. The minimum absolute atomic E-state index is 0.0576. The number of thioether (sulfide) groups is 1. The number of likely N-dealkylation sites (tertiary alicyclic amines) is 1. The molecule has 8 heteroatoms. The molecule has 2 heterocycles. The van der Waals surface area contributed by atoms with E-state index >= 15 is 0 Å². The molecule has 0 aliphatic carbocycles. The summed E-state index contributed by atoms with van der Waals surface area (Å²) >= 11 is 7.68. The predicted molar refractivity (Wildman–Crippen MR) is 129 cm³/mol. The normalized spacial score (nSPS) is 15.1. The first-order valence-electron chi connectivity index (χ1n) is 10.9. The van der Waals surface area contributed by atoms with E-state index in [1.807, 2.05) is 49.4 Å². The van der Waals surface area contributed by atoms with Crippen LogP contribution in [-0.2, 0) is 17.9 Å². The monoisotopic (exact) mass is 469 g/mol. The zero-order valence-corrected chi connectivity index (χ0v) is 19.8. The van der Waals surface area contributed by atoms with Gasteiger partial charge in [-0.3, -0.25) is 9.69 Å². The molecule has 0 bridgehead atoms. The molecule has 1 saturated heterocycles. The number of aromatic nitrogens is 3. The lowest BCUT2D eigenvalue weighted by atomic mass is 10.1. The molecule has 0 spiro atoms. The minimum Gasteiger partial charge on any atom is -0.349 e. The van der Waals surface area contributed by atoms with Crippen LogP contribution >= 0.6 is 23.4 Å². The van der Waals surface area contributed by atoms with E-state index in [1.165, 1.54) is 30.2 Å². The Kier molecular flexibility index (Phi) is 7.84. The molecule has 6 nitrogen and oxygen atoms in total. The van der Waals surface area contributed by atoms with E-state index in [2.05, 4.69) is 37.1 Å². The molecule has 2 aromatic carbocycles. The van der Waals surface area contributed by atoms with Crippen LogP contribution in [-0.4, -0.2) is 44.4 Å². The number of halogens is 1. The zero-order valence-electron chi connectivity index (χ0n) is 18.2. The highest BCUT2D eigenvalue weighted by Gasteiger charge is 2.20. The van der Waals surface area contributed by atoms with Crippen LogP contribution in [0.5, 0.6) is 0 Å². The number of hydrogen-bond acceptors (Lipinski definition) is 5. The van der Waals surface area contributed by atoms with E-state index in [0.29, 0.717) is 11.6 Å². The number of carbonyl (C=O) groups excluding carboxylic acids is 1. The molecule has 168 valence electrons. The molecule has 1 fully saturated rings. The molecular formula is C24H28ClN5OS. The number of nitrogens with zero attached hydrogens (tertiary/aromatic N) is 4. The van der Waals surface area contributed by atoms with Gasteiger partial charge in [-0.2, -0.15) is 0 Å². The first-order valence-corrected chi connectivity index (χ1v) is 12.3. The highest BCUT2D eigenvalue weighted by atomic mass is 35.5. The summed E-state index contributed by atoms with van der Waals surface area (Å²) < 4.78 is 2.14. The van der Waals surface area contributed by atoms with Gasteiger partial charge in [-0.25, -0.2) is 0 Å². The van der Waals surface area contributed by atoms with Crippen LogP contribution in [0.15, 0.2) is 59.8 Å². The number of rotatable bonds is 9. The van der Waals surface area contributed by atoms with Crippen molar-refractivity contribution in [2.24, 2.45) is 0 Å². The Balaban J connectivity index is 1.43. The van der Waals surface area contributed by atoms with Gasteiger partial charge >= 0.3 is 0 Å². The summed E-state index contributed by atoms with van der Waals surface area (Å²) in [5.74, 6) is 1.16. The molecule has 1 amide bonds. The first-order chi connectivity index (χ1) is 15.6. The van der Waals surface area contributed by atoms with Gasteiger partial charge in [0.15, 0.2) is 5.16 Å². The third kappa shape index (κ3) is 5.91. The van der Waals surface area contributed by atoms with E-state index in [9.17, 15) is 4.79 Å². The number of benzene rings is 2. The van der Waals surface area contributed by atoms with Crippen molar-refractivity contribution >= 4 is 29.3 Å². The molecule has 0 saturated carbocycles. The van der Waals surface area contributed by atoms with Gasteiger partial charge in [0.05, 0.1) is 24.9 Å². The summed E-state index contributed by atoms with van der Waals surface area (Å²) in [6, 6.07) is 17.7. The van der Waals surface area contributed by atoms with Crippen molar-refractivity contribution in [2.45, 2.75) is 44.1 Å². The van der Waals surface area contributed by atoms with Crippen molar-refractivity contribution < 1.29 is 4.79 Å². The van der Waals surface area contributed by atoms with Gasteiger partial charge < -0.3 is 9.88 Å². The van der Waals surface area contributed by atoms with Crippen molar-refractivity contribution in [3.8, 4) is 0 Å². The van der Waals surface area contributed by atoms with Crippen LogP contribution in [0.25, 0.3) is 0 Å². The van der Waals surface area contributed by atoms with E-state index in [0.717, 1.165) is 36.2 Å². The molecule has 3 aromatic rings. The van der Waals surface area contributed by atoms with Crippen molar-refractivity contribution in [1.29, 1.82) is 0 Å². The number of amides is 1. The smallest absolute Gasteiger partial charge is 0.230 e. The molecule has 1 aromatic heterocycles. The molecular weight excluding hydrogens is 442 g/mol. The Morgan fingerprint density at radius 2 is 1.78 bits per heavy atom. The van der Waals surface area contributed by atoms with E-state index in [-0.39, 0.29) is 17.7 Å². The fraction of sp³-hybridized carbons (Fsp3) is 0.375. The number of hydrogen-bond donors (Lipinski definition) is 1. The maximum atomic E-state index is 12.6. The molecule has 1 atom stereocenters. The topological polar surface area (TPSA) is 63.1 Å². The highest BCUT2D eigenvalue weighted by Crippen LogP contribution is 2.24. The average Bonchev–Trinajstić information content (AvgIpc) is 3.44. The minimum atomic E-state index is -0.162. The average molecular weight is 470 g/mol. The Bertz CT molecular complexity index is 1040. The largest absolute Gasteiger partial charge is 0.349 e. The lowest BCUT2D eigenvalue weighted by molar-refractivity contribution is -0.119. The third-order valence-corrected chi connectivity index (χ3v) is 6.93. The van der Waals surface area contributed by atoms with Crippen molar-refractivity contribution in [2.75, 3.05) is 18.8 Å². The lowest BCUT2D eigenvalue weighted by Gasteiger charge is -2.17. The second-order valence-corrected chi connectivity index (χ2v) is 9.40. The Hall–Kier alpha value is -2.35. The lowest BCUT2D eigenvalue weighted by Crippen LogP contribution is -2.28. The molecule has 4 rings (SSSR count). The second-order valence-electron chi connectivity index (χ2n) is 8.05. The van der Waals surface area contributed by atoms with Gasteiger partial charge in [-0.05, 0) is 50.0 Å². The molecule has 1 N–H and O–H groups in total. The summed E-state index contributed by atoms with van der Waals surface area (Å²) in [5, 5.41) is 13.4. The van der Waals surface area contributed by atoms with Gasteiger partial charge in [0.1, 0.15) is 5.82 Å². The van der Waals surface area contributed by atoms with E-state index in [1.54, 1.807) is 0 Å². The fourth-order valence-corrected chi connectivity index (χ4v) is 4.99. The quantitative estimate of drug-likeness (QED) is 0.466. The summed E-state index contributed by atoms with van der Waals surface area (Å²) in [6.45, 7) is 5.62. The SMILES string of the molecule is CC(NC(=O)CSc1nnc(CN2CCCC2)n1Cc1ccccc1)c1ccccc1Cl. The molecule has 1 unspecified atom stereocenters. The first kappa shape index (κ1) is 22.8. The van der Waals surface area contributed by atoms with Gasteiger partial charge in [-0.15, -0.1) is 10.2 Å². The van der Waals surface area contributed by atoms with Gasteiger partial charge in [0.2, 0.25) is 5.91 Å². The van der Waals surface area contributed by atoms with Crippen LogP contribution in [0.4, 0.5) is 0 Å². The van der Waals surface area contributed by atoms with Gasteiger partial charge in [-0.1, -0.05) is 71.9 Å². The van der Waals surface area contributed by atoms with Gasteiger partial charge in [0.25, 0.3) is 0 Å². The maximum Gasteiger partial charge on any atom is 0.230 e. The summed E-state index contributed by atoms with van der Waals surface area (Å²) in [7, 11) is 0. The Labute approximate surface area is 198 Å². The van der Waals surface area contributed by atoms with Crippen LogP contribution in [0, 0.1) is 0 Å². The van der Waals surface area contributed by atoms with E-state index < -0.39 is 0 Å². The standard InChI is InChI=1S/C24H28ClN5OS/c1-18(20-11-5-6-12-21(20)25)26-23(31)17-32-24-28-27-22(16-29-13-7-8-14-29)30(24)15-19-9-3-2-4-10-19/h2-6,9-12,18H,7-8,13-17H2,1H3,(H,26,31). The maximum absolute atomic E-state index is 12.6. The van der Waals surface area contributed by atoms with Crippen LogP contribution in [0.1, 0.15) is 42.8 Å². The zero-order chi connectivity index (χ0) is 22.3. The van der Waals surface area contributed by atoms with Crippen LogP contribution in [0.3, 0.4) is 0 Å². The molecule has 1 aliphatic rings. The van der Waals surface area contributed by atoms with Crippen LogP contribution < -0.4 is 5.32 Å². The van der Waals surface area contributed by atoms with Crippen LogP contribution in [0.2, 0.25) is 5.02 Å². The Morgan fingerprint density at radius 3 is 2.53 bits per heavy atom. The summed E-state index contributed by atoms with van der Waals surface area (Å²) in [5.41, 5.74) is 2.10. The highest BCUT2D eigenvalue weighted by molar-refractivity contribution is 7.99.